The molecule has 1 amide bonds. The maximum atomic E-state index is 12.1. The molecule has 1 aromatic carbocycles. The third kappa shape index (κ3) is 4.20. The van der Waals surface area contributed by atoms with Crippen LogP contribution >= 0.6 is 22.9 Å². The minimum absolute atomic E-state index is 0.0208. The normalized spacial score (nSPS) is 10.9. The van der Waals surface area contributed by atoms with Gasteiger partial charge >= 0.3 is 0 Å². The number of halogens is 1. The van der Waals surface area contributed by atoms with Crippen LogP contribution in [-0.2, 0) is 11.3 Å². The maximum Gasteiger partial charge on any atom is 0.251 e. The quantitative estimate of drug-likeness (QED) is 0.692. The first-order valence-electron chi connectivity index (χ1n) is 8.14. The molecule has 0 aliphatic carbocycles. The second kappa shape index (κ2) is 7.85. The van der Waals surface area contributed by atoms with E-state index >= 15 is 0 Å². The lowest BCUT2D eigenvalue weighted by molar-refractivity contribution is -0.124. The van der Waals surface area contributed by atoms with Crippen LogP contribution in [0.2, 0.25) is 5.02 Å². The monoisotopic (exact) mass is 387 g/mol. The first-order valence-corrected chi connectivity index (χ1v) is 9.46. The largest absolute Gasteiger partial charge is 0.352 e. The lowest BCUT2D eigenvalue weighted by Gasteiger charge is -2.10. The van der Waals surface area contributed by atoms with Gasteiger partial charge in [-0.3, -0.25) is 9.59 Å². The van der Waals surface area contributed by atoms with Crippen molar-refractivity contribution < 1.29 is 4.79 Å². The average Bonchev–Trinajstić information content (AvgIpc) is 3.14. The highest BCUT2D eigenvalue weighted by Crippen LogP contribution is 2.28. The van der Waals surface area contributed by atoms with E-state index in [0.29, 0.717) is 28.6 Å². The molecule has 26 heavy (non-hydrogen) atoms. The van der Waals surface area contributed by atoms with Crippen molar-refractivity contribution in [1.29, 1.82) is 0 Å². The van der Waals surface area contributed by atoms with Crippen molar-refractivity contribution in [2.45, 2.75) is 20.4 Å². The van der Waals surface area contributed by atoms with E-state index < -0.39 is 0 Å². The Morgan fingerprint density at radius 3 is 2.81 bits per heavy atom. The summed E-state index contributed by atoms with van der Waals surface area (Å²) in [5.74, 6) is 0.301. The minimum Gasteiger partial charge on any atom is -0.352 e. The Labute approximate surface area is 160 Å². The van der Waals surface area contributed by atoms with Gasteiger partial charge in [-0.1, -0.05) is 31.5 Å². The van der Waals surface area contributed by atoms with E-state index in [1.54, 1.807) is 17.4 Å². The third-order valence-corrected chi connectivity index (χ3v) is 4.85. The summed E-state index contributed by atoms with van der Waals surface area (Å²) in [5.41, 5.74) is 2.74. The lowest BCUT2D eigenvalue weighted by atomic mass is 10.1. The zero-order valence-electron chi connectivity index (χ0n) is 14.4. The number of H-pyrrole nitrogens is 1. The van der Waals surface area contributed by atoms with E-state index in [4.69, 9.17) is 11.6 Å². The lowest BCUT2D eigenvalue weighted by Crippen LogP contribution is -2.27. The average molecular weight is 388 g/mol. The Bertz CT molecular complexity index is 981. The highest BCUT2D eigenvalue weighted by Gasteiger charge is 2.12. The molecule has 0 fully saturated rings. The predicted octanol–water partition coefficient (Wildman–Crippen LogP) is 4.09. The Morgan fingerprint density at radius 1 is 1.31 bits per heavy atom. The van der Waals surface area contributed by atoms with Crippen molar-refractivity contribution in [1.82, 2.24) is 15.3 Å². The van der Waals surface area contributed by atoms with Crippen LogP contribution in [0.4, 0.5) is 0 Å². The summed E-state index contributed by atoms with van der Waals surface area (Å²) in [6, 6.07) is 8.79. The van der Waals surface area contributed by atoms with Crippen LogP contribution in [-0.4, -0.2) is 15.9 Å². The number of carbonyl (C=O) groups excluding carboxylic acids is 1. The number of nitrogens with zero attached hydrogens (tertiary/aromatic N) is 1. The molecule has 0 spiro atoms. The van der Waals surface area contributed by atoms with E-state index in [2.05, 4.69) is 15.3 Å². The van der Waals surface area contributed by atoms with Crippen LogP contribution in [0, 0.1) is 5.92 Å². The summed E-state index contributed by atoms with van der Waals surface area (Å²) in [6.07, 6.45) is 0. The van der Waals surface area contributed by atoms with Crippen molar-refractivity contribution in [3.05, 3.63) is 62.0 Å². The number of amides is 1. The number of rotatable bonds is 5. The fourth-order valence-corrected chi connectivity index (χ4v) is 3.26. The molecule has 0 aliphatic rings. The predicted molar refractivity (Wildman–Crippen MR) is 105 cm³/mol. The molecule has 5 nitrogen and oxygen atoms in total. The van der Waals surface area contributed by atoms with Crippen LogP contribution in [0.25, 0.3) is 22.6 Å². The number of nitrogens with one attached hydrogen (secondary N) is 2. The number of thiophene rings is 1. The van der Waals surface area contributed by atoms with Crippen molar-refractivity contribution in [3.8, 4) is 22.6 Å². The fourth-order valence-electron chi connectivity index (χ4n) is 2.40. The number of aromatic amines is 1. The molecule has 0 atom stereocenters. The summed E-state index contributed by atoms with van der Waals surface area (Å²) < 4.78 is 0. The third-order valence-electron chi connectivity index (χ3n) is 3.84. The van der Waals surface area contributed by atoms with E-state index in [1.807, 2.05) is 42.8 Å². The molecule has 2 aromatic heterocycles. The van der Waals surface area contributed by atoms with Gasteiger partial charge in [0.15, 0.2) is 0 Å². The molecule has 3 rings (SSSR count). The minimum atomic E-state index is -0.245. The second-order valence-corrected chi connectivity index (χ2v) is 7.37. The van der Waals surface area contributed by atoms with Gasteiger partial charge in [-0.2, -0.15) is 11.3 Å². The molecule has 0 radical (unpaired) electrons. The standard InChI is InChI=1S/C19H18ClN3O2S/c1-11(2)19(25)21-9-12-3-4-15(20)14(7-12)18-22-16(8-17(24)23-18)13-5-6-26-10-13/h3-8,10-11H,9H2,1-2H3,(H,21,25)(H,22,23,24). The van der Waals surface area contributed by atoms with E-state index in [-0.39, 0.29) is 17.4 Å². The molecule has 2 heterocycles. The second-order valence-electron chi connectivity index (χ2n) is 6.18. The summed E-state index contributed by atoms with van der Waals surface area (Å²) in [5, 5.41) is 7.22. The molecule has 0 aliphatic heterocycles. The van der Waals surface area contributed by atoms with E-state index in [9.17, 15) is 9.59 Å². The van der Waals surface area contributed by atoms with Gasteiger partial charge in [-0.25, -0.2) is 4.98 Å². The van der Waals surface area contributed by atoms with Crippen LogP contribution in [0.15, 0.2) is 45.9 Å². The summed E-state index contributed by atoms with van der Waals surface area (Å²) >= 11 is 7.87. The van der Waals surface area contributed by atoms with Crippen molar-refractivity contribution in [2.75, 3.05) is 0 Å². The summed E-state index contributed by atoms with van der Waals surface area (Å²) in [4.78, 5) is 31.1. The van der Waals surface area contributed by atoms with Crippen molar-refractivity contribution in [3.63, 3.8) is 0 Å². The summed E-state index contributed by atoms with van der Waals surface area (Å²) in [7, 11) is 0. The molecule has 3 aromatic rings. The maximum absolute atomic E-state index is 12.1. The van der Waals surface area contributed by atoms with E-state index in [0.717, 1.165) is 11.1 Å². The van der Waals surface area contributed by atoms with Crippen LogP contribution in [0.1, 0.15) is 19.4 Å². The molecular weight excluding hydrogens is 370 g/mol. The zero-order chi connectivity index (χ0) is 18.7. The van der Waals surface area contributed by atoms with Gasteiger partial charge < -0.3 is 10.3 Å². The molecule has 0 saturated carbocycles. The van der Waals surface area contributed by atoms with Gasteiger partial charge in [0.25, 0.3) is 5.56 Å². The van der Waals surface area contributed by atoms with Gasteiger partial charge in [0.2, 0.25) is 5.91 Å². The first-order chi connectivity index (χ1) is 12.4. The van der Waals surface area contributed by atoms with Gasteiger partial charge in [0, 0.05) is 35.0 Å². The van der Waals surface area contributed by atoms with Gasteiger partial charge in [0.1, 0.15) is 5.82 Å². The molecule has 2 N–H and O–H groups in total. The molecule has 7 heteroatoms. The molecule has 134 valence electrons. The van der Waals surface area contributed by atoms with Gasteiger partial charge in [0.05, 0.1) is 10.7 Å². The SMILES string of the molecule is CC(C)C(=O)NCc1ccc(Cl)c(-c2nc(-c3ccsc3)cc(=O)[nH]2)c1. The Morgan fingerprint density at radius 2 is 2.12 bits per heavy atom. The van der Waals surface area contributed by atoms with Crippen LogP contribution in [0.3, 0.4) is 0 Å². The zero-order valence-corrected chi connectivity index (χ0v) is 15.9. The van der Waals surface area contributed by atoms with E-state index in [1.165, 1.54) is 6.07 Å². The van der Waals surface area contributed by atoms with Crippen molar-refractivity contribution in [2.24, 2.45) is 5.92 Å². The highest BCUT2D eigenvalue weighted by atomic mass is 35.5. The Kier molecular flexibility index (Phi) is 5.54. The highest BCUT2D eigenvalue weighted by molar-refractivity contribution is 7.08. The number of aromatic nitrogens is 2. The van der Waals surface area contributed by atoms with Crippen LogP contribution < -0.4 is 10.9 Å². The number of hydrogen-bond acceptors (Lipinski definition) is 4. The Balaban J connectivity index is 1.95. The molecule has 0 unspecified atom stereocenters. The first kappa shape index (κ1) is 18.4. The smallest absolute Gasteiger partial charge is 0.251 e. The fraction of sp³-hybridized carbons (Fsp3) is 0.211. The number of hydrogen-bond donors (Lipinski definition) is 2. The Hall–Kier alpha value is -2.44. The molecule has 0 bridgehead atoms. The van der Waals surface area contributed by atoms with Crippen molar-refractivity contribution >= 4 is 28.8 Å². The molecular formula is C19H18ClN3O2S. The van der Waals surface area contributed by atoms with Gasteiger partial charge in [-0.15, -0.1) is 0 Å². The topological polar surface area (TPSA) is 74.8 Å². The molecule has 0 saturated heterocycles. The summed E-state index contributed by atoms with van der Waals surface area (Å²) in [6.45, 7) is 4.07. The van der Waals surface area contributed by atoms with Gasteiger partial charge in [-0.05, 0) is 29.1 Å². The van der Waals surface area contributed by atoms with Crippen LogP contribution in [0.5, 0.6) is 0 Å². The number of carbonyl (C=O) groups is 1. The number of benzene rings is 1.